The third-order valence-electron chi connectivity index (χ3n) is 5.50. The molecule has 2 aliphatic heterocycles. The van der Waals surface area contributed by atoms with Crippen LogP contribution in [0.25, 0.3) is 0 Å². The lowest BCUT2D eigenvalue weighted by Gasteiger charge is -2.32. The molecule has 2 aliphatic rings. The second-order valence-electron chi connectivity index (χ2n) is 8.06. The van der Waals surface area contributed by atoms with Crippen molar-refractivity contribution in [1.29, 1.82) is 0 Å². The summed E-state index contributed by atoms with van der Waals surface area (Å²) in [5.74, 6) is 0.973. The molecule has 1 unspecified atom stereocenters. The number of rotatable bonds is 3. The number of amides is 1. The third-order valence-corrected chi connectivity index (χ3v) is 5.50. The van der Waals surface area contributed by atoms with Crippen molar-refractivity contribution in [3.8, 4) is 11.5 Å². The van der Waals surface area contributed by atoms with Gasteiger partial charge in [-0.1, -0.05) is 24.3 Å². The normalized spacial score (nSPS) is 22.0. The summed E-state index contributed by atoms with van der Waals surface area (Å²) in [4.78, 5) is 12.5. The molecule has 0 saturated carbocycles. The summed E-state index contributed by atoms with van der Waals surface area (Å²) in [6.45, 7) is 8.25. The van der Waals surface area contributed by atoms with E-state index in [9.17, 15) is 4.79 Å². The Morgan fingerprint density at radius 3 is 2.21 bits per heavy atom. The Labute approximate surface area is 165 Å². The van der Waals surface area contributed by atoms with Crippen LogP contribution in [0.1, 0.15) is 27.7 Å². The molecule has 7 heteroatoms. The van der Waals surface area contributed by atoms with Crippen LogP contribution in [0.5, 0.6) is 11.5 Å². The predicted molar refractivity (Wildman–Crippen MR) is 107 cm³/mol. The van der Waals surface area contributed by atoms with Crippen molar-refractivity contribution in [3.05, 3.63) is 48.5 Å². The molecule has 0 radical (unpaired) electrons. The maximum Gasteiger partial charge on any atom is 0.494 e. The number of benzene rings is 2. The highest BCUT2D eigenvalue weighted by Gasteiger charge is 2.51. The van der Waals surface area contributed by atoms with Crippen molar-refractivity contribution in [3.63, 3.8) is 0 Å². The zero-order chi connectivity index (χ0) is 19.9. The van der Waals surface area contributed by atoms with Gasteiger partial charge in [0.25, 0.3) is 5.91 Å². The molecule has 0 bridgehead atoms. The van der Waals surface area contributed by atoms with E-state index in [4.69, 9.17) is 18.8 Å². The molecule has 1 fully saturated rings. The van der Waals surface area contributed by atoms with Crippen molar-refractivity contribution in [1.82, 2.24) is 0 Å². The number of carbonyl (C=O) groups excluding carboxylic acids is 1. The lowest BCUT2D eigenvalue weighted by molar-refractivity contribution is -0.125. The number of hydrogen-bond donors (Lipinski definition) is 1. The minimum absolute atomic E-state index is 0.175. The number of para-hydroxylation sites is 2. The first-order chi connectivity index (χ1) is 13.2. The molecule has 1 atom stereocenters. The minimum Gasteiger partial charge on any atom is -0.485 e. The first-order valence-corrected chi connectivity index (χ1v) is 9.40. The van der Waals surface area contributed by atoms with Gasteiger partial charge in [-0.15, -0.1) is 0 Å². The zero-order valence-corrected chi connectivity index (χ0v) is 16.5. The van der Waals surface area contributed by atoms with Gasteiger partial charge in [-0.3, -0.25) is 4.79 Å². The van der Waals surface area contributed by atoms with E-state index in [2.05, 4.69) is 5.32 Å². The molecule has 0 aliphatic carbocycles. The van der Waals surface area contributed by atoms with Gasteiger partial charge in [0.05, 0.1) is 11.2 Å². The molecular weight excluding hydrogens is 357 g/mol. The standard InChI is InChI=1S/C21H24BNO5/c1-20(2)21(3,4)28-22(27-20)14-9-11-15(12-10-14)23-19(24)18-13-25-16-7-5-6-8-17(16)26-18/h5-12,18H,13H2,1-4H3,(H,23,24). The van der Waals surface area contributed by atoms with Gasteiger partial charge in [0.2, 0.25) is 6.10 Å². The molecule has 2 heterocycles. The topological polar surface area (TPSA) is 66.0 Å². The highest BCUT2D eigenvalue weighted by atomic mass is 16.7. The SMILES string of the molecule is CC1(C)OB(c2ccc(NC(=O)C3COc4ccccc4O3)cc2)OC1(C)C. The molecule has 4 rings (SSSR count). The first-order valence-electron chi connectivity index (χ1n) is 9.40. The zero-order valence-electron chi connectivity index (χ0n) is 16.5. The van der Waals surface area contributed by atoms with Crippen LogP contribution in [0.2, 0.25) is 0 Å². The van der Waals surface area contributed by atoms with Gasteiger partial charge in [-0.2, -0.15) is 0 Å². The summed E-state index contributed by atoms with van der Waals surface area (Å²) in [5.41, 5.74) is 0.800. The van der Waals surface area contributed by atoms with Crippen LogP contribution in [-0.4, -0.2) is 36.9 Å². The number of carbonyl (C=O) groups is 1. The monoisotopic (exact) mass is 381 g/mol. The van der Waals surface area contributed by atoms with E-state index in [0.717, 1.165) is 5.46 Å². The maximum absolute atomic E-state index is 12.5. The van der Waals surface area contributed by atoms with Gasteiger partial charge in [0, 0.05) is 5.69 Å². The van der Waals surface area contributed by atoms with Gasteiger partial charge >= 0.3 is 7.12 Å². The quantitative estimate of drug-likeness (QED) is 0.829. The molecule has 0 aromatic heterocycles. The molecule has 1 N–H and O–H groups in total. The third kappa shape index (κ3) is 3.47. The van der Waals surface area contributed by atoms with E-state index in [0.29, 0.717) is 17.2 Å². The van der Waals surface area contributed by atoms with Crippen molar-refractivity contribution in [2.45, 2.75) is 45.0 Å². The highest BCUT2D eigenvalue weighted by Crippen LogP contribution is 2.36. The molecule has 1 amide bonds. The van der Waals surface area contributed by atoms with E-state index >= 15 is 0 Å². The minimum atomic E-state index is -0.697. The Morgan fingerprint density at radius 2 is 1.57 bits per heavy atom. The Balaban J connectivity index is 1.40. The van der Waals surface area contributed by atoms with Crippen molar-refractivity contribution < 1.29 is 23.6 Å². The van der Waals surface area contributed by atoms with Crippen LogP contribution in [0.3, 0.4) is 0 Å². The predicted octanol–water partition coefficient (Wildman–Crippen LogP) is 2.76. The second-order valence-corrected chi connectivity index (χ2v) is 8.06. The first kappa shape index (κ1) is 18.8. The highest BCUT2D eigenvalue weighted by molar-refractivity contribution is 6.62. The van der Waals surface area contributed by atoms with Gasteiger partial charge in [-0.05, 0) is 57.4 Å². The van der Waals surface area contributed by atoms with E-state index in [1.165, 1.54) is 0 Å². The number of hydrogen-bond acceptors (Lipinski definition) is 5. The fourth-order valence-electron chi connectivity index (χ4n) is 3.07. The molecule has 1 saturated heterocycles. The summed E-state index contributed by atoms with van der Waals surface area (Å²) < 4.78 is 23.4. The summed E-state index contributed by atoms with van der Waals surface area (Å²) in [6.07, 6.45) is -0.697. The molecule has 2 aromatic carbocycles. The number of anilines is 1. The van der Waals surface area contributed by atoms with Crippen molar-refractivity contribution >= 4 is 24.2 Å². The average molecular weight is 381 g/mol. The van der Waals surface area contributed by atoms with E-state index in [1.807, 2.05) is 70.2 Å². The van der Waals surface area contributed by atoms with Gasteiger partial charge in [0.15, 0.2) is 11.5 Å². The molecule has 28 heavy (non-hydrogen) atoms. The van der Waals surface area contributed by atoms with Crippen molar-refractivity contribution in [2.75, 3.05) is 11.9 Å². The van der Waals surface area contributed by atoms with Crippen LogP contribution in [0, 0.1) is 0 Å². The fraction of sp³-hybridized carbons (Fsp3) is 0.381. The van der Waals surface area contributed by atoms with Crippen LogP contribution in [-0.2, 0) is 14.1 Å². The fourth-order valence-corrected chi connectivity index (χ4v) is 3.07. The summed E-state index contributed by atoms with van der Waals surface area (Å²) >= 11 is 0. The van der Waals surface area contributed by atoms with Gasteiger partial charge in [0.1, 0.15) is 6.61 Å². The van der Waals surface area contributed by atoms with Gasteiger partial charge < -0.3 is 24.1 Å². The smallest absolute Gasteiger partial charge is 0.485 e. The molecular formula is C21H24BNO5. The van der Waals surface area contributed by atoms with Crippen molar-refractivity contribution in [2.24, 2.45) is 0 Å². The van der Waals surface area contributed by atoms with E-state index in [-0.39, 0.29) is 23.7 Å². The molecule has 0 spiro atoms. The lowest BCUT2D eigenvalue weighted by atomic mass is 9.79. The lowest BCUT2D eigenvalue weighted by Crippen LogP contribution is -2.41. The molecule has 6 nitrogen and oxygen atoms in total. The molecule has 146 valence electrons. The Morgan fingerprint density at radius 1 is 0.964 bits per heavy atom. The summed E-state index contributed by atoms with van der Waals surface area (Å²) in [5, 5.41) is 2.87. The van der Waals surface area contributed by atoms with Crippen LogP contribution >= 0.6 is 0 Å². The molecule has 2 aromatic rings. The Hall–Kier alpha value is -2.51. The Bertz CT molecular complexity index is 865. The van der Waals surface area contributed by atoms with E-state index < -0.39 is 13.2 Å². The average Bonchev–Trinajstić information content (AvgIpc) is 2.89. The number of nitrogens with one attached hydrogen (secondary N) is 1. The summed E-state index contributed by atoms with van der Waals surface area (Å²) in [7, 11) is -0.429. The maximum atomic E-state index is 12.5. The second kappa shape index (κ2) is 6.83. The van der Waals surface area contributed by atoms with Crippen LogP contribution in [0.4, 0.5) is 5.69 Å². The summed E-state index contributed by atoms with van der Waals surface area (Å²) in [6, 6.07) is 14.8. The Kier molecular flexibility index (Phi) is 4.60. The van der Waals surface area contributed by atoms with Gasteiger partial charge in [-0.25, -0.2) is 0 Å². The van der Waals surface area contributed by atoms with Crippen LogP contribution < -0.4 is 20.3 Å². The number of fused-ring (bicyclic) bond motifs is 1. The largest absolute Gasteiger partial charge is 0.494 e. The van der Waals surface area contributed by atoms with E-state index in [1.54, 1.807) is 6.07 Å². The number of ether oxygens (including phenoxy) is 2. The van der Waals surface area contributed by atoms with Crippen LogP contribution in [0.15, 0.2) is 48.5 Å².